The lowest BCUT2D eigenvalue weighted by molar-refractivity contribution is 0.0697. The Hall–Kier alpha value is -1.10. The lowest BCUT2D eigenvalue weighted by Crippen LogP contribution is -2.34. The molecule has 0 aromatic heterocycles. The number of aromatic carboxylic acids is 1. The molecule has 0 amide bonds. The Kier molecular flexibility index (Phi) is 9.60. The van der Waals surface area contributed by atoms with Gasteiger partial charge in [-0.05, 0) is 69.3 Å². The maximum atomic E-state index is 10.9. The maximum Gasteiger partial charge on any atom is 0.335 e. The molecule has 0 radical (unpaired) electrons. The number of nitrogens with zero attached hydrogens (tertiary/aromatic N) is 1. The zero-order valence-corrected chi connectivity index (χ0v) is 17.2. The number of aliphatic hydroxyl groups excluding tert-OH is 1. The number of unbranched alkanes of at least 4 members (excludes halogenated alkanes) is 2. The number of aliphatic hydroxyl groups is 1. The van der Waals surface area contributed by atoms with E-state index in [1.54, 1.807) is 12.1 Å². The van der Waals surface area contributed by atoms with E-state index in [4.69, 9.17) is 16.7 Å². The van der Waals surface area contributed by atoms with Crippen molar-refractivity contribution in [1.82, 2.24) is 4.90 Å². The SMILES string of the molecule is CCCCC[C@H](O)CCCN1CCC(Cl)C1CCc1ccc(C(=O)O)cc1. The molecular weight excluding hydrogens is 362 g/mol. The Morgan fingerprint density at radius 2 is 1.93 bits per heavy atom. The summed E-state index contributed by atoms with van der Waals surface area (Å²) in [7, 11) is 0. The molecule has 1 aliphatic rings. The lowest BCUT2D eigenvalue weighted by atomic mass is 10.0. The van der Waals surface area contributed by atoms with Crippen LogP contribution in [0.3, 0.4) is 0 Å². The summed E-state index contributed by atoms with van der Waals surface area (Å²) in [5.41, 5.74) is 1.48. The third kappa shape index (κ3) is 7.44. The quantitative estimate of drug-likeness (QED) is 0.397. The minimum absolute atomic E-state index is 0.169. The predicted molar refractivity (Wildman–Crippen MR) is 111 cm³/mol. The normalized spacial score (nSPS) is 21.4. The van der Waals surface area contributed by atoms with Crippen LogP contribution in [-0.2, 0) is 6.42 Å². The minimum atomic E-state index is -0.888. The zero-order chi connectivity index (χ0) is 19.6. The molecule has 4 nitrogen and oxygen atoms in total. The van der Waals surface area contributed by atoms with Gasteiger partial charge in [-0.25, -0.2) is 4.79 Å². The summed E-state index contributed by atoms with van der Waals surface area (Å²) in [5.74, 6) is -0.888. The van der Waals surface area contributed by atoms with Crippen LogP contribution in [0.4, 0.5) is 0 Å². The molecule has 1 aliphatic heterocycles. The Labute approximate surface area is 168 Å². The first kappa shape index (κ1) is 22.2. The Balaban J connectivity index is 1.74. The number of halogens is 1. The van der Waals surface area contributed by atoms with Crippen molar-refractivity contribution in [2.75, 3.05) is 13.1 Å². The molecular formula is C22H34ClNO3. The predicted octanol–water partition coefficient (Wildman–Crippen LogP) is 4.72. The molecule has 3 atom stereocenters. The molecule has 1 aromatic rings. The summed E-state index contributed by atoms with van der Waals surface area (Å²) < 4.78 is 0. The van der Waals surface area contributed by atoms with Crippen molar-refractivity contribution >= 4 is 17.6 Å². The molecule has 2 unspecified atom stereocenters. The third-order valence-corrected chi connectivity index (χ3v) is 6.14. The van der Waals surface area contributed by atoms with E-state index in [9.17, 15) is 9.90 Å². The van der Waals surface area contributed by atoms with Gasteiger partial charge in [-0.15, -0.1) is 11.6 Å². The third-order valence-electron chi connectivity index (χ3n) is 5.63. The topological polar surface area (TPSA) is 60.8 Å². The largest absolute Gasteiger partial charge is 0.478 e. The van der Waals surface area contributed by atoms with E-state index in [2.05, 4.69) is 11.8 Å². The van der Waals surface area contributed by atoms with Gasteiger partial charge in [0, 0.05) is 6.04 Å². The molecule has 27 heavy (non-hydrogen) atoms. The molecule has 1 fully saturated rings. The van der Waals surface area contributed by atoms with E-state index in [1.165, 1.54) is 12.8 Å². The fourth-order valence-electron chi connectivity index (χ4n) is 3.95. The van der Waals surface area contributed by atoms with Crippen LogP contribution in [0.15, 0.2) is 24.3 Å². The van der Waals surface area contributed by atoms with Crippen molar-refractivity contribution in [1.29, 1.82) is 0 Å². The smallest absolute Gasteiger partial charge is 0.335 e. The van der Waals surface area contributed by atoms with Gasteiger partial charge in [0.2, 0.25) is 0 Å². The molecule has 1 aromatic carbocycles. The minimum Gasteiger partial charge on any atom is -0.478 e. The molecule has 5 heteroatoms. The summed E-state index contributed by atoms with van der Waals surface area (Å²) in [6, 6.07) is 7.50. The van der Waals surface area contributed by atoms with Crippen molar-refractivity contribution < 1.29 is 15.0 Å². The number of benzene rings is 1. The average Bonchev–Trinajstić information content (AvgIpc) is 3.00. The second-order valence-electron chi connectivity index (χ2n) is 7.74. The van der Waals surface area contributed by atoms with Crippen LogP contribution in [0.5, 0.6) is 0 Å². The van der Waals surface area contributed by atoms with E-state index >= 15 is 0 Å². The number of likely N-dealkylation sites (tertiary alicyclic amines) is 1. The van der Waals surface area contributed by atoms with Crippen molar-refractivity contribution in [3.8, 4) is 0 Å². The number of carbonyl (C=O) groups is 1. The van der Waals surface area contributed by atoms with Crippen LogP contribution in [0.2, 0.25) is 0 Å². The maximum absolute atomic E-state index is 10.9. The Morgan fingerprint density at radius 1 is 1.22 bits per heavy atom. The summed E-state index contributed by atoms with van der Waals surface area (Å²) in [6.07, 6.45) is 9.06. The average molecular weight is 396 g/mol. The Morgan fingerprint density at radius 3 is 2.59 bits per heavy atom. The van der Waals surface area contributed by atoms with Gasteiger partial charge in [-0.2, -0.15) is 0 Å². The standard InChI is InChI=1S/C22H34ClNO3/c1-2-3-4-6-19(25)7-5-15-24-16-14-20(23)21(24)13-10-17-8-11-18(12-9-17)22(26)27/h8-9,11-12,19-21,25H,2-7,10,13-16H2,1H3,(H,26,27)/t19-,20?,21?/m0/s1. The van der Waals surface area contributed by atoms with Crippen molar-refractivity contribution in [3.63, 3.8) is 0 Å². The van der Waals surface area contributed by atoms with Crippen molar-refractivity contribution in [2.24, 2.45) is 0 Å². The second kappa shape index (κ2) is 11.7. The van der Waals surface area contributed by atoms with Gasteiger partial charge in [-0.1, -0.05) is 38.3 Å². The molecule has 0 bridgehead atoms. The second-order valence-corrected chi connectivity index (χ2v) is 8.30. The first-order chi connectivity index (χ1) is 13.0. The number of alkyl halides is 1. The van der Waals surface area contributed by atoms with E-state index < -0.39 is 5.97 Å². The lowest BCUT2D eigenvalue weighted by Gasteiger charge is -2.26. The number of aryl methyl sites for hydroxylation is 1. The highest BCUT2D eigenvalue weighted by atomic mass is 35.5. The summed E-state index contributed by atoms with van der Waals surface area (Å²) in [4.78, 5) is 13.4. The monoisotopic (exact) mass is 395 g/mol. The number of carboxylic acids is 1. The molecule has 2 N–H and O–H groups in total. The molecule has 0 saturated carbocycles. The van der Waals surface area contributed by atoms with E-state index in [0.717, 1.165) is 63.6 Å². The first-order valence-electron chi connectivity index (χ1n) is 10.4. The van der Waals surface area contributed by atoms with Crippen LogP contribution in [-0.4, -0.2) is 51.7 Å². The van der Waals surface area contributed by atoms with Gasteiger partial charge in [-0.3, -0.25) is 4.90 Å². The number of carboxylic acid groups (broad SMARTS) is 1. The highest BCUT2D eigenvalue weighted by Gasteiger charge is 2.31. The fourth-order valence-corrected chi connectivity index (χ4v) is 4.33. The molecule has 0 aliphatic carbocycles. The summed E-state index contributed by atoms with van der Waals surface area (Å²) >= 11 is 6.56. The molecule has 1 heterocycles. The van der Waals surface area contributed by atoms with Gasteiger partial charge < -0.3 is 10.2 Å². The molecule has 0 spiro atoms. The zero-order valence-electron chi connectivity index (χ0n) is 16.4. The van der Waals surface area contributed by atoms with Gasteiger partial charge in [0.1, 0.15) is 0 Å². The van der Waals surface area contributed by atoms with Gasteiger partial charge >= 0.3 is 5.97 Å². The van der Waals surface area contributed by atoms with E-state index in [-0.39, 0.29) is 11.5 Å². The van der Waals surface area contributed by atoms with E-state index in [1.807, 2.05) is 12.1 Å². The first-order valence-corrected chi connectivity index (χ1v) is 10.8. The highest BCUT2D eigenvalue weighted by Crippen LogP contribution is 2.27. The van der Waals surface area contributed by atoms with Crippen molar-refractivity contribution in [2.45, 2.75) is 82.2 Å². The summed E-state index contributed by atoms with van der Waals surface area (Å²) in [5, 5.41) is 19.3. The van der Waals surface area contributed by atoms with Crippen LogP contribution < -0.4 is 0 Å². The number of rotatable bonds is 12. The van der Waals surface area contributed by atoms with Crippen LogP contribution in [0.1, 0.15) is 74.2 Å². The van der Waals surface area contributed by atoms with Crippen molar-refractivity contribution in [3.05, 3.63) is 35.4 Å². The molecule has 152 valence electrons. The molecule has 2 rings (SSSR count). The van der Waals surface area contributed by atoms with E-state index in [0.29, 0.717) is 11.6 Å². The van der Waals surface area contributed by atoms with Gasteiger partial charge in [0.05, 0.1) is 17.0 Å². The highest BCUT2D eigenvalue weighted by molar-refractivity contribution is 6.21. The molecule has 1 saturated heterocycles. The number of hydrogen-bond acceptors (Lipinski definition) is 3. The number of hydrogen-bond donors (Lipinski definition) is 2. The fraction of sp³-hybridized carbons (Fsp3) is 0.682. The Bertz CT molecular complexity index is 563. The van der Waals surface area contributed by atoms with Gasteiger partial charge in [0.25, 0.3) is 0 Å². The van der Waals surface area contributed by atoms with Crippen LogP contribution >= 0.6 is 11.6 Å². The van der Waals surface area contributed by atoms with Crippen LogP contribution in [0, 0.1) is 0 Å². The summed E-state index contributed by atoms with van der Waals surface area (Å²) in [6.45, 7) is 4.21. The van der Waals surface area contributed by atoms with Gasteiger partial charge in [0.15, 0.2) is 0 Å². The van der Waals surface area contributed by atoms with Crippen LogP contribution in [0.25, 0.3) is 0 Å².